The van der Waals surface area contributed by atoms with Gasteiger partial charge in [-0.1, -0.05) is 34.1 Å². The summed E-state index contributed by atoms with van der Waals surface area (Å²) in [5.41, 5.74) is 7.46. The van der Waals surface area contributed by atoms with Gasteiger partial charge in [0.15, 0.2) is 0 Å². The molecule has 1 saturated heterocycles. The Kier molecular flexibility index (Phi) is 5.57. The number of halogens is 1. The maximum Gasteiger partial charge on any atom is 0.0972 e. The minimum absolute atomic E-state index is 0.0295. The van der Waals surface area contributed by atoms with Gasteiger partial charge in [0.25, 0.3) is 0 Å². The lowest BCUT2D eigenvalue weighted by Crippen LogP contribution is -2.39. The van der Waals surface area contributed by atoms with E-state index in [4.69, 9.17) is 15.2 Å². The molecular formula is C15H23BrN2O2. The van der Waals surface area contributed by atoms with Crippen LogP contribution in [-0.4, -0.2) is 50.5 Å². The van der Waals surface area contributed by atoms with Crippen molar-refractivity contribution in [2.75, 3.05) is 27.3 Å². The third-order valence-electron chi connectivity index (χ3n) is 3.96. The molecule has 4 nitrogen and oxygen atoms in total. The van der Waals surface area contributed by atoms with Crippen molar-refractivity contribution in [1.82, 2.24) is 4.90 Å². The number of likely N-dealkylation sites (tertiary alicyclic amines) is 1. The summed E-state index contributed by atoms with van der Waals surface area (Å²) in [6.45, 7) is 3.72. The molecule has 4 atom stereocenters. The molecule has 0 spiro atoms. The molecule has 0 bridgehead atoms. The SMILES string of the molecule is COC1CN(C(c2ccccc2Br)C(C)N)CC1OC. The molecular weight excluding hydrogens is 320 g/mol. The molecule has 0 saturated carbocycles. The van der Waals surface area contributed by atoms with E-state index in [0.29, 0.717) is 0 Å². The topological polar surface area (TPSA) is 47.7 Å². The zero-order valence-corrected chi connectivity index (χ0v) is 13.8. The second-order valence-electron chi connectivity index (χ2n) is 5.33. The van der Waals surface area contributed by atoms with Crippen molar-refractivity contribution in [2.24, 2.45) is 5.73 Å². The number of methoxy groups -OCH3 is 2. The van der Waals surface area contributed by atoms with Crippen LogP contribution in [0.25, 0.3) is 0 Å². The average molecular weight is 343 g/mol. The Balaban J connectivity index is 2.25. The minimum Gasteiger partial charge on any atom is -0.377 e. The second-order valence-corrected chi connectivity index (χ2v) is 6.18. The highest BCUT2D eigenvalue weighted by molar-refractivity contribution is 9.10. The highest BCUT2D eigenvalue weighted by atomic mass is 79.9. The van der Waals surface area contributed by atoms with E-state index in [0.717, 1.165) is 17.6 Å². The van der Waals surface area contributed by atoms with Crippen LogP contribution in [0.2, 0.25) is 0 Å². The van der Waals surface area contributed by atoms with Crippen LogP contribution in [0.5, 0.6) is 0 Å². The van der Waals surface area contributed by atoms with Crippen molar-refractivity contribution in [2.45, 2.75) is 31.2 Å². The van der Waals surface area contributed by atoms with E-state index in [2.05, 4.69) is 33.0 Å². The first-order chi connectivity index (χ1) is 9.58. The van der Waals surface area contributed by atoms with E-state index >= 15 is 0 Å². The maximum atomic E-state index is 6.25. The van der Waals surface area contributed by atoms with Crippen LogP contribution in [0.1, 0.15) is 18.5 Å². The van der Waals surface area contributed by atoms with Crippen LogP contribution < -0.4 is 5.73 Å². The summed E-state index contributed by atoms with van der Waals surface area (Å²) in [5.74, 6) is 0. The fourth-order valence-corrected chi connectivity index (χ4v) is 3.50. The van der Waals surface area contributed by atoms with Gasteiger partial charge in [0.1, 0.15) is 0 Å². The third-order valence-corrected chi connectivity index (χ3v) is 4.69. The lowest BCUT2D eigenvalue weighted by Gasteiger charge is -2.32. The Morgan fingerprint density at radius 2 is 1.75 bits per heavy atom. The predicted molar refractivity (Wildman–Crippen MR) is 83.7 cm³/mol. The Labute approximate surface area is 129 Å². The standard InChI is InChI=1S/C15H23BrN2O2/c1-10(17)15(11-6-4-5-7-12(11)16)18-8-13(19-2)14(9-18)20-3/h4-7,10,13-15H,8-9,17H2,1-3H3. The molecule has 1 aliphatic rings. The summed E-state index contributed by atoms with van der Waals surface area (Å²) in [6.07, 6.45) is 0.201. The number of benzene rings is 1. The Hall–Kier alpha value is -0.460. The molecule has 1 fully saturated rings. The van der Waals surface area contributed by atoms with E-state index in [1.165, 1.54) is 5.56 Å². The molecule has 1 aliphatic heterocycles. The Morgan fingerprint density at radius 3 is 2.20 bits per heavy atom. The first-order valence-corrected chi connectivity index (χ1v) is 7.67. The van der Waals surface area contributed by atoms with E-state index in [-0.39, 0.29) is 24.3 Å². The van der Waals surface area contributed by atoms with Gasteiger partial charge >= 0.3 is 0 Å². The summed E-state index contributed by atoms with van der Waals surface area (Å²) in [4.78, 5) is 2.35. The largest absolute Gasteiger partial charge is 0.377 e. The predicted octanol–water partition coefficient (Wildman–Crippen LogP) is 2.18. The van der Waals surface area contributed by atoms with Gasteiger partial charge in [-0.3, -0.25) is 4.90 Å². The van der Waals surface area contributed by atoms with Crippen molar-refractivity contribution < 1.29 is 9.47 Å². The molecule has 20 heavy (non-hydrogen) atoms. The molecule has 0 radical (unpaired) electrons. The fourth-order valence-electron chi connectivity index (χ4n) is 2.98. The molecule has 1 aromatic carbocycles. The zero-order chi connectivity index (χ0) is 14.7. The molecule has 0 aliphatic carbocycles. The van der Waals surface area contributed by atoms with Crippen molar-refractivity contribution in [3.05, 3.63) is 34.3 Å². The molecule has 112 valence electrons. The zero-order valence-electron chi connectivity index (χ0n) is 12.3. The van der Waals surface area contributed by atoms with Gasteiger partial charge in [-0.15, -0.1) is 0 Å². The van der Waals surface area contributed by atoms with Gasteiger partial charge in [0.2, 0.25) is 0 Å². The van der Waals surface area contributed by atoms with Gasteiger partial charge in [0, 0.05) is 37.8 Å². The third kappa shape index (κ3) is 3.23. The maximum absolute atomic E-state index is 6.25. The lowest BCUT2D eigenvalue weighted by molar-refractivity contribution is -0.00461. The van der Waals surface area contributed by atoms with Crippen molar-refractivity contribution in [3.8, 4) is 0 Å². The molecule has 1 heterocycles. The van der Waals surface area contributed by atoms with Crippen molar-refractivity contribution in [1.29, 1.82) is 0 Å². The van der Waals surface area contributed by atoms with Crippen LogP contribution in [0.4, 0.5) is 0 Å². The highest BCUT2D eigenvalue weighted by Gasteiger charge is 2.38. The number of ether oxygens (including phenoxy) is 2. The number of nitrogens with two attached hydrogens (primary N) is 1. The summed E-state index contributed by atoms with van der Waals surface area (Å²) in [7, 11) is 3.47. The first-order valence-electron chi connectivity index (χ1n) is 6.88. The quantitative estimate of drug-likeness (QED) is 0.890. The van der Waals surface area contributed by atoms with E-state index < -0.39 is 0 Å². The van der Waals surface area contributed by atoms with E-state index in [1.807, 2.05) is 19.1 Å². The number of hydrogen-bond acceptors (Lipinski definition) is 4. The van der Waals surface area contributed by atoms with E-state index in [9.17, 15) is 0 Å². The van der Waals surface area contributed by atoms with Crippen LogP contribution in [0, 0.1) is 0 Å². The summed E-state index contributed by atoms with van der Waals surface area (Å²) >= 11 is 3.63. The smallest absolute Gasteiger partial charge is 0.0972 e. The van der Waals surface area contributed by atoms with Gasteiger partial charge in [-0.05, 0) is 18.6 Å². The number of rotatable bonds is 5. The average Bonchev–Trinajstić information content (AvgIpc) is 2.84. The monoisotopic (exact) mass is 342 g/mol. The van der Waals surface area contributed by atoms with Crippen molar-refractivity contribution in [3.63, 3.8) is 0 Å². The molecule has 2 N–H and O–H groups in total. The molecule has 5 heteroatoms. The number of nitrogens with zero attached hydrogens (tertiary/aromatic N) is 1. The molecule has 1 aromatic rings. The van der Waals surface area contributed by atoms with Gasteiger partial charge in [-0.2, -0.15) is 0 Å². The van der Waals surface area contributed by atoms with Crippen molar-refractivity contribution >= 4 is 15.9 Å². The Morgan fingerprint density at radius 1 is 1.20 bits per heavy atom. The lowest BCUT2D eigenvalue weighted by atomic mass is 9.99. The molecule has 4 unspecified atom stereocenters. The van der Waals surface area contributed by atoms with Crippen LogP contribution in [-0.2, 0) is 9.47 Å². The summed E-state index contributed by atoms with van der Waals surface area (Å²) in [5, 5.41) is 0. The van der Waals surface area contributed by atoms with Crippen LogP contribution in [0.3, 0.4) is 0 Å². The molecule has 0 aromatic heterocycles. The minimum atomic E-state index is 0.0295. The summed E-state index contributed by atoms with van der Waals surface area (Å²) in [6, 6.07) is 8.44. The van der Waals surface area contributed by atoms with Gasteiger partial charge in [0.05, 0.1) is 18.2 Å². The first kappa shape index (κ1) is 15.9. The second kappa shape index (κ2) is 7.00. The molecule has 0 amide bonds. The van der Waals surface area contributed by atoms with E-state index in [1.54, 1.807) is 14.2 Å². The fraction of sp³-hybridized carbons (Fsp3) is 0.600. The van der Waals surface area contributed by atoms with Crippen LogP contribution in [0.15, 0.2) is 28.7 Å². The Bertz CT molecular complexity index is 430. The van der Waals surface area contributed by atoms with Gasteiger partial charge < -0.3 is 15.2 Å². The normalized spacial score (nSPS) is 26.6. The van der Waals surface area contributed by atoms with Crippen LogP contribution >= 0.6 is 15.9 Å². The molecule has 2 rings (SSSR count). The highest BCUT2D eigenvalue weighted by Crippen LogP contribution is 2.33. The van der Waals surface area contributed by atoms with Gasteiger partial charge in [-0.25, -0.2) is 0 Å². The number of hydrogen-bond donors (Lipinski definition) is 1. The summed E-state index contributed by atoms with van der Waals surface area (Å²) < 4.78 is 12.1.